The first-order valence-electron chi connectivity index (χ1n) is 6.56. The summed E-state index contributed by atoms with van der Waals surface area (Å²) < 4.78 is 40.6. The highest BCUT2D eigenvalue weighted by Crippen LogP contribution is 2.28. The predicted octanol–water partition coefficient (Wildman–Crippen LogP) is 2.14. The molecule has 0 saturated heterocycles. The lowest BCUT2D eigenvalue weighted by atomic mass is 9.84. The summed E-state index contributed by atoms with van der Waals surface area (Å²) >= 11 is 5.72. The zero-order valence-corrected chi connectivity index (χ0v) is 13.6. The molecule has 1 rings (SSSR count). The van der Waals surface area contributed by atoms with E-state index in [9.17, 15) is 17.9 Å². The molecule has 0 aromatic heterocycles. The van der Waals surface area contributed by atoms with Crippen molar-refractivity contribution in [3.63, 3.8) is 0 Å². The minimum absolute atomic E-state index is 0.00465. The highest BCUT2D eigenvalue weighted by molar-refractivity contribution is 7.89. The lowest BCUT2D eigenvalue weighted by molar-refractivity contribution is 0.119. The van der Waals surface area contributed by atoms with E-state index in [-0.39, 0.29) is 23.9 Å². The van der Waals surface area contributed by atoms with E-state index in [1.54, 1.807) is 0 Å². The van der Waals surface area contributed by atoms with Crippen LogP contribution < -0.4 is 10.5 Å². The van der Waals surface area contributed by atoms with E-state index in [2.05, 4.69) is 4.72 Å². The maximum absolute atomic E-state index is 13.9. The summed E-state index contributed by atoms with van der Waals surface area (Å²) in [6.45, 7) is 3.55. The molecule has 0 aliphatic carbocycles. The third kappa shape index (κ3) is 4.06. The molecule has 0 aliphatic heterocycles. The molecule has 1 aromatic carbocycles. The standard InChI is InChI=1S/C13H20ClFN2O3S/c1-3-13(4-2,8-18)7-17-21(19,20)11-6-9(14)5-10(16)12(11)15/h5-6,17-18H,3-4,7-8,16H2,1-2H3. The number of sulfonamides is 1. The molecule has 0 spiro atoms. The van der Waals surface area contributed by atoms with Crippen molar-refractivity contribution >= 4 is 27.3 Å². The molecule has 1 aromatic rings. The lowest BCUT2D eigenvalue weighted by Crippen LogP contribution is -2.39. The number of aliphatic hydroxyl groups is 1. The average Bonchev–Trinajstić information content (AvgIpc) is 2.45. The number of hydrogen-bond donors (Lipinski definition) is 3. The first kappa shape index (κ1) is 18.2. The van der Waals surface area contributed by atoms with Crippen molar-refractivity contribution in [2.45, 2.75) is 31.6 Å². The van der Waals surface area contributed by atoms with Crippen LogP contribution in [0.1, 0.15) is 26.7 Å². The maximum Gasteiger partial charge on any atom is 0.243 e. The van der Waals surface area contributed by atoms with Crippen LogP contribution in [0.4, 0.5) is 10.1 Å². The molecule has 0 bridgehead atoms. The molecule has 0 atom stereocenters. The van der Waals surface area contributed by atoms with Crippen LogP contribution in [-0.2, 0) is 10.0 Å². The Morgan fingerprint density at radius 1 is 1.38 bits per heavy atom. The minimum atomic E-state index is -4.10. The van der Waals surface area contributed by atoms with Gasteiger partial charge in [0, 0.05) is 23.6 Å². The van der Waals surface area contributed by atoms with Crippen LogP contribution >= 0.6 is 11.6 Å². The van der Waals surface area contributed by atoms with Gasteiger partial charge >= 0.3 is 0 Å². The van der Waals surface area contributed by atoms with E-state index in [4.69, 9.17) is 17.3 Å². The molecule has 0 aliphatic rings. The highest BCUT2D eigenvalue weighted by atomic mass is 35.5. The third-order valence-corrected chi connectivity index (χ3v) is 5.41. The molecule has 0 unspecified atom stereocenters. The molecule has 0 heterocycles. The molecule has 0 saturated carbocycles. The Labute approximate surface area is 129 Å². The summed E-state index contributed by atoms with van der Waals surface area (Å²) in [6, 6.07) is 2.15. The molecular formula is C13H20ClFN2O3S. The van der Waals surface area contributed by atoms with E-state index in [1.807, 2.05) is 13.8 Å². The fourth-order valence-corrected chi connectivity index (χ4v) is 3.46. The first-order valence-corrected chi connectivity index (χ1v) is 8.42. The van der Waals surface area contributed by atoms with Crippen LogP contribution in [0.15, 0.2) is 17.0 Å². The summed E-state index contributed by atoms with van der Waals surface area (Å²) in [7, 11) is -4.10. The molecule has 0 amide bonds. The van der Waals surface area contributed by atoms with Crippen molar-refractivity contribution in [2.75, 3.05) is 18.9 Å². The van der Waals surface area contributed by atoms with Gasteiger partial charge in [-0.3, -0.25) is 0 Å². The van der Waals surface area contributed by atoms with Gasteiger partial charge in [-0.2, -0.15) is 0 Å². The van der Waals surface area contributed by atoms with Crippen LogP contribution in [0.25, 0.3) is 0 Å². The van der Waals surface area contributed by atoms with E-state index in [0.29, 0.717) is 12.8 Å². The molecule has 8 heteroatoms. The van der Waals surface area contributed by atoms with Gasteiger partial charge in [-0.15, -0.1) is 0 Å². The van der Waals surface area contributed by atoms with E-state index in [1.165, 1.54) is 0 Å². The van der Waals surface area contributed by atoms with Crippen molar-refractivity contribution < 1.29 is 17.9 Å². The second-order valence-electron chi connectivity index (χ2n) is 5.00. The van der Waals surface area contributed by atoms with Crippen LogP contribution in [-0.4, -0.2) is 26.7 Å². The SMILES string of the molecule is CCC(CC)(CO)CNS(=O)(=O)c1cc(Cl)cc(N)c1F. The van der Waals surface area contributed by atoms with Crippen molar-refractivity contribution in [2.24, 2.45) is 5.41 Å². The van der Waals surface area contributed by atoms with E-state index >= 15 is 0 Å². The summed E-state index contributed by atoms with van der Waals surface area (Å²) in [6.07, 6.45) is 1.17. The summed E-state index contributed by atoms with van der Waals surface area (Å²) in [5.74, 6) is -1.03. The Morgan fingerprint density at radius 3 is 2.43 bits per heavy atom. The van der Waals surface area contributed by atoms with Gasteiger partial charge in [0.25, 0.3) is 0 Å². The van der Waals surface area contributed by atoms with Crippen LogP contribution in [0, 0.1) is 11.2 Å². The fraction of sp³-hybridized carbons (Fsp3) is 0.538. The Morgan fingerprint density at radius 2 is 1.95 bits per heavy atom. The number of halogens is 2. The Kier molecular flexibility index (Phi) is 5.98. The second kappa shape index (κ2) is 6.91. The minimum Gasteiger partial charge on any atom is -0.396 e. The molecular weight excluding hydrogens is 319 g/mol. The second-order valence-corrected chi connectivity index (χ2v) is 7.17. The Hall–Kier alpha value is -0.890. The zero-order chi connectivity index (χ0) is 16.3. The topological polar surface area (TPSA) is 92.4 Å². The number of hydrogen-bond acceptors (Lipinski definition) is 4. The predicted molar refractivity (Wildman–Crippen MR) is 81.1 cm³/mol. The molecule has 0 fully saturated rings. The Bertz CT molecular complexity index is 595. The van der Waals surface area contributed by atoms with Gasteiger partial charge < -0.3 is 10.8 Å². The molecule has 0 radical (unpaired) electrons. The molecule has 21 heavy (non-hydrogen) atoms. The molecule has 5 nitrogen and oxygen atoms in total. The van der Waals surface area contributed by atoms with Gasteiger partial charge in [0.2, 0.25) is 10.0 Å². The number of benzene rings is 1. The average molecular weight is 339 g/mol. The van der Waals surface area contributed by atoms with Crippen LogP contribution in [0.2, 0.25) is 5.02 Å². The summed E-state index contributed by atoms with van der Waals surface area (Å²) in [4.78, 5) is -0.591. The van der Waals surface area contributed by atoms with Gasteiger partial charge in [-0.25, -0.2) is 17.5 Å². The summed E-state index contributed by atoms with van der Waals surface area (Å²) in [5, 5.41) is 9.47. The smallest absolute Gasteiger partial charge is 0.243 e. The van der Waals surface area contributed by atoms with Crippen molar-refractivity contribution in [1.29, 1.82) is 0 Å². The number of aliphatic hydroxyl groups excluding tert-OH is 1. The largest absolute Gasteiger partial charge is 0.396 e. The number of nitrogens with one attached hydrogen (secondary N) is 1. The van der Waals surface area contributed by atoms with E-state index < -0.39 is 26.2 Å². The summed E-state index contributed by atoms with van der Waals surface area (Å²) in [5.41, 5.74) is 4.48. The monoisotopic (exact) mass is 338 g/mol. The lowest BCUT2D eigenvalue weighted by Gasteiger charge is -2.29. The molecule has 120 valence electrons. The van der Waals surface area contributed by atoms with Gasteiger partial charge in [-0.05, 0) is 25.0 Å². The number of anilines is 1. The third-order valence-electron chi connectivity index (χ3n) is 3.79. The highest BCUT2D eigenvalue weighted by Gasteiger charge is 2.29. The van der Waals surface area contributed by atoms with Crippen LogP contribution in [0.5, 0.6) is 0 Å². The number of nitrogens with two attached hydrogens (primary N) is 1. The van der Waals surface area contributed by atoms with Gasteiger partial charge in [-0.1, -0.05) is 25.4 Å². The quantitative estimate of drug-likeness (QED) is 0.664. The maximum atomic E-state index is 13.9. The van der Waals surface area contributed by atoms with Crippen LogP contribution in [0.3, 0.4) is 0 Å². The zero-order valence-electron chi connectivity index (χ0n) is 12.0. The normalized spacial score (nSPS) is 12.6. The number of nitrogen functional groups attached to an aromatic ring is 1. The van der Waals surface area contributed by atoms with E-state index in [0.717, 1.165) is 12.1 Å². The number of rotatable bonds is 7. The fourth-order valence-electron chi connectivity index (χ4n) is 1.89. The van der Waals surface area contributed by atoms with Gasteiger partial charge in [0.05, 0.1) is 5.69 Å². The van der Waals surface area contributed by atoms with Gasteiger partial charge in [0.15, 0.2) is 5.82 Å². The van der Waals surface area contributed by atoms with Crippen molar-refractivity contribution in [1.82, 2.24) is 4.72 Å². The molecule has 4 N–H and O–H groups in total. The Balaban J connectivity index is 3.08. The van der Waals surface area contributed by atoms with Crippen molar-refractivity contribution in [3.05, 3.63) is 23.0 Å². The van der Waals surface area contributed by atoms with Crippen molar-refractivity contribution in [3.8, 4) is 0 Å². The first-order chi connectivity index (χ1) is 9.71. The van der Waals surface area contributed by atoms with Gasteiger partial charge in [0.1, 0.15) is 4.90 Å².